The molecule has 6 N–H and O–H groups in total. The Bertz CT molecular complexity index is 7530. The van der Waals surface area contributed by atoms with Crippen molar-refractivity contribution in [1.29, 1.82) is 15.8 Å². The standard InChI is InChI=1S/C93H74Cl9F6N21O6/c1-11-55(130)121-18-24-124(25-19-121)86-47-33-53(95)80(59-62(98)71(107)65(101)74(113)68(59)104)119-89(47)128(92(134)50(86)36-110)83-42(9)30-44(116-77(83)39(4)5)13-15-57(132)123-22-28-126(29-23-123)87-48-34-54(96)81(60-63(99)72(108)66(102)75(114)69(60)105)120-90(48)129(93(135)51(87)37-111)84-43(10)31-45(117-78(84)40(6)7)12-14-56(131)122-20-26-125(27-21-122)85-46-32-52(94)79(58-61(97)70(106)64(100)73(112)67(58)103)118-88(46)127(91(133)49(85)35-109)82-41(8)16-17-115-76(82)38(2)3/h11-17,30-34,38-40H,1,18-29,112-114H2,2-10H3/b14-12-,15-13-. The highest BCUT2D eigenvalue weighted by Gasteiger charge is 2.39. The number of nitrogen functional groups attached to an aromatic ring is 3. The number of halogens is 15. The van der Waals surface area contributed by atoms with Crippen LogP contribution in [0.15, 0.2) is 81.8 Å². The second-order valence-electron chi connectivity index (χ2n) is 33.0. The van der Waals surface area contributed by atoms with E-state index in [1.54, 1.807) is 87.6 Å². The van der Waals surface area contributed by atoms with Crippen LogP contribution in [0.4, 0.5) is 60.5 Å². The number of carbonyl (C=O) groups is 3. The van der Waals surface area contributed by atoms with Crippen molar-refractivity contribution in [2.24, 2.45) is 0 Å². The van der Waals surface area contributed by atoms with Crippen LogP contribution < -0.4 is 48.6 Å². The van der Waals surface area contributed by atoms with Crippen LogP contribution in [-0.2, 0) is 14.4 Å². The lowest BCUT2D eigenvalue weighted by Crippen LogP contribution is -2.49. The number of pyridine rings is 9. The van der Waals surface area contributed by atoms with Crippen molar-refractivity contribution in [2.45, 2.75) is 80.1 Å². The molecule has 692 valence electrons. The van der Waals surface area contributed by atoms with Gasteiger partial charge < -0.3 is 46.6 Å². The molecular formula is C93H74Cl9F6N21O6. The summed E-state index contributed by atoms with van der Waals surface area (Å²) in [5, 5.41) is 27.7. The molecule has 0 spiro atoms. The summed E-state index contributed by atoms with van der Waals surface area (Å²) in [5.74, 6) is -10.5. The number of aryl methyl sites for hydroxylation is 3. The molecule has 12 aromatic rings. The van der Waals surface area contributed by atoms with Crippen LogP contribution in [-0.4, -0.2) is 155 Å². The zero-order chi connectivity index (χ0) is 97.9. The number of hydrogen-bond acceptors (Lipinski definition) is 21. The van der Waals surface area contributed by atoms with Crippen LogP contribution in [0.3, 0.4) is 0 Å². The number of fused-ring (bicyclic) bond motifs is 3. The van der Waals surface area contributed by atoms with Gasteiger partial charge in [0.1, 0.15) is 66.9 Å². The molecule has 42 heteroatoms. The molecule has 0 unspecified atom stereocenters. The number of carbonyl (C=O) groups excluding carboxylic acids is 3. The number of benzene rings is 3. The third-order valence-electron chi connectivity index (χ3n) is 23.8. The highest BCUT2D eigenvalue weighted by molar-refractivity contribution is 6.42. The van der Waals surface area contributed by atoms with E-state index in [9.17, 15) is 30.2 Å². The van der Waals surface area contributed by atoms with Crippen molar-refractivity contribution in [1.82, 2.24) is 58.3 Å². The first-order valence-corrected chi connectivity index (χ1v) is 45.0. The minimum Gasteiger partial charge on any atom is -0.395 e. The number of aromatic nitrogens is 9. The van der Waals surface area contributed by atoms with Gasteiger partial charge in [-0.2, -0.15) is 15.8 Å². The van der Waals surface area contributed by atoms with Crippen molar-refractivity contribution in [3.05, 3.63) is 240 Å². The molecule has 3 aromatic carbocycles. The fourth-order valence-electron chi connectivity index (χ4n) is 17.2. The largest absolute Gasteiger partial charge is 0.395 e. The number of amides is 3. The molecule has 0 radical (unpaired) electrons. The van der Waals surface area contributed by atoms with E-state index in [0.717, 1.165) is 15.2 Å². The Kier molecular flexibility index (Phi) is 27.2. The average Bonchev–Trinajstić information content (AvgIpc) is 0.726. The van der Waals surface area contributed by atoms with Crippen LogP contribution in [0.5, 0.6) is 0 Å². The monoisotopic (exact) mass is 2010 g/mol. The lowest BCUT2D eigenvalue weighted by molar-refractivity contribution is -0.127. The highest BCUT2D eigenvalue weighted by atomic mass is 35.5. The molecule has 3 amide bonds. The third-order valence-corrected chi connectivity index (χ3v) is 26.8. The second-order valence-corrected chi connectivity index (χ2v) is 36.5. The van der Waals surface area contributed by atoms with E-state index in [0.29, 0.717) is 22.4 Å². The maximum Gasteiger partial charge on any atom is 0.276 e. The molecule has 0 bridgehead atoms. The molecule has 3 saturated heterocycles. The number of hydrogen-bond donors (Lipinski definition) is 3. The van der Waals surface area contributed by atoms with E-state index in [1.165, 1.54) is 61.8 Å². The number of rotatable bonds is 17. The molecule has 135 heavy (non-hydrogen) atoms. The van der Waals surface area contributed by atoms with Gasteiger partial charge in [0, 0.05) is 113 Å². The van der Waals surface area contributed by atoms with Gasteiger partial charge in [0.2, 0.25) is 17.7 Å². The van der Waals surface area contributed by atoms with E-state index >= 15 is 40.7 Å². The molecule has 15 rings (SSSR count). The SMILES string of the molecule is C=CC(=O)N1CCN(c2c(C#N)c(=O)n(-c3c(C)cc(/C=C\C(=O)N4CCN(c5c(C#N)c(=O)n(-c6c(C)cc(/C=C\C(=O)N7CCN(c8c(C#N)c(=O)n(-c9c(C)ccnc9C(C)C)c9nc(-c%10c(F)c(N)c(Cl)c(F)c%10Cl)c(Cl)cc89)CC7)nc6C(C)C)c6nc(-c7c(F)c(N)c(Cl)c(F)c7Cl)c(Cl)cc56)CC4)nc3C(C)C)c3nc(-c4c(F)c(N)c(Cl)c(F)c4Cl)c(Cl)cc23)CC1. The Morgan fingerprint density at radius 3 is 0.956 bits per heavy atom. The maximum absolute atomic E-state index is 16.7. The molecule has 0 saturated carbocycles. The summed E-state index contributed by atoms with van der Waals surface area (Å²) in [4.78, 5) is 127. The van der Waals surface area contributed by atoms with Gasteiger partial charge in [0.25, 0.3) is 16.7 Å². The summed E-state index contributed by atoms with van der Waals surface area (Å²) >= 11 is 58.8. The number of anilines is 6. The lowest BCUT2D eigenvalue weighted by Gasteiger charge is -2.36. The summed E-state index contributed by atoms with van der Waals surface area (Å²) in [6, 6.07) is 15.0. The Hall–Kier alpha value is -12.7. The molecule has 9 aromatic heterocycles. The van der Waals surface area contributed by atoms with Crippen molar-refractivity contribution >= 4 is 202 Å². The van der Waals surface area contributed by atoms with Crippen LogP contribution >= 0.6 is 104 Å². The van der Waals surface area contributed by atoms with E-state index < -0.39 is 162 Å². The van der Waals surface area contributed by atoms with Gasteiger partial charge in [-0.3, -0.25) is 57.4 Å². The third kappa shape index (κ3) is 16.7. The summed E-state index contributed by atoms with van der Waals surface area (Å²) in [6.07, 6.45) is 8.14. The van der Waals surface area contributed by atoms with Crippen LogP contribution in [0, 0.1) is 89.7 Å². The van der Waals surface area contributed by atoms with Crippen LogP contribution in [0.25, 0.3) is 96.1 Å². The van der Waals surface area contributed by atoms with Crippen molar-refractivity contribution in [2.75, 3.05) is 110 Å². The summed E-state index contributed by atoms with van der Waals surface area (Å²) in [7, 11) is 0. The smallest absolute Gasteiger partial charge is 0.276 e. The predicted molar refractivity (Wildman–Crippen MR) is 515 cm³/mol. The lowest BCUT2D eigenvalue weighted by atomic mass is 10.0. The zero-order valence-electron chi connectivity index (χ0n) is 72.8. The van der Waals surface area contributed by atoms with Gasteiger partial charge in [0.05, 0.1) is 144 Å². The Balaban J connectivity index is 0.745. The normalized spacial score (nSPS) is 13.9. The van der Waals surface area contributed by atoms with Crippen LogP contribution in [0.1, 0.15) is 121 Å². The van der Waals surface area contributed by atoms with E-state index in [4.69, 9.17) is 147 Å². The number of nitriles is 3. The first-order valence-electron chi connectivity index (χ1n) is 41.6. The topological polar surface area (TPSA) is 363 Å². The van der Waals surface area contributed by atoms with Gasteiger partial charge in [-0.1, -0.05) is 153 Å². The zero-order valence-corrected chi connectivity index (χ0v) is 79.6. The van der Waals surface area contributed by atoms with Crippen molar-refractivity contribution in [3.8, 4) is 69.0 Å². The van der Waals surface area contributed by atoms with Gasteiger partial charge >= 0.3 is 0 Å². The molecule has 3 fully saturated rings. The van der Waals surface area contributed by atoms with Gasteiger partial charge in [0.15, 0.2) is 34.9 Å². The van der Waals surface area contributed by atoms with E-state index in [-0.39, 0.29) is 207 Å². The van der Waals surface area contributed by atoms with E-state index in [2.05, 4.69) is 29.8 Å². The van der Waals surface area contributed by atoms with E-state index in [1.807, 2.05) is 13.8 Å². The Morgan fingerprint density at radius 2 is 0.681 bits per heavy atom. The Morgan fingerprint density at radius 1 is 0.400 bits per heavy atom. The molecule has 12 heterocycles. The Labute approximate surface area is 810 Å². The number of piperazine rings is 3. The van der Waals surface area contributed by atoms with Crippen molar-refractivity contribution in [3.63, 3.8) is 0 Å². The maximum atomic E-state index is 16.7. The molecule has 27 nitrogen and oxygen atoms in total. The fraction of sp³-hybridized carbons (Fsp3) is 0.258. The molecular weight excluding hydrogens is 1940 g/mol. The quantitative estimate of drug-likeness (QED) is 0.0250. The molecule has 3 aliphatic heterocycles. The van der Waals surface area contributed by atoms with Crippen LogP contribution in [0.2, 0.25) is 45.2 Å². The molecule has 0 atom stereocenters. The average molecular weight is 2010 g/mol. The second kappa shape index (κ2) is 37.9. The summed E-state index contributed by atoms with van der Waals surface area (Å²) < 4.78 is 99.9. The molecule has 3 aliphatic rings. The summed E-state index contributed by atoms with van der Waals surface area (Å²) in [6.45, 7) is 19.7. The first-order chi connectivity index (χ1) is 64.0. The molecule has 0 aliphatic carbocycles. The minimum atomic E-state index is -1.32. The minimum absolute atomic E-state index is 0.00196. The highest BCUT2D eigenvalue weighted by Crippen LogP contribution is 2.50. The predicted octanol–water partition coefficient (Wildman–Crippen LogP) is 18.9. The van der Waals surface area contributed by atoms with Gasteiger partial charge in [-0.15, -0.1) is 0 Å². The fourth-order valence-corrected chi connectivity index (χ4v) is 19.4. The van der Waals surface area contributed by atoms with Crippen molar-refractivity contribution < 1.29 is 40.7 Å². The summed E-state index contributed by atoms with van der Waals surface area (Å²) in [5.41, 5.74) is 10.6. The number of nitrogens with zero attached hydrogens (tertiary/aromatic N) is 18. The van der Waals surface area contributed by atoms with Gasteiger partial charge in [-0.05, 0) is 110 Å². The van der Waals surface area contributed by atoms with Gasteiger partial charge in [-0.25, -0.2) is 41.3 Å². The first kappa shape index (κ1) is 96.8. The number of nitrogens with two attached hydrogens (primary N) is 3.